The Bertz CT molecular complexity index is 1420. The van der Waals surface area contributed by atoms with Crippen molar-refractivity contribution in [3.05, 3.63) is 124 Å². The number of para-hydroxylation sites is 2. The third-order valence-corrected chi connectivity index (χ3v) is 5.21. The highest BCUT2D eigenvalue weighted by atomic mass is 16.2. The van der Waals surface area contributed by atoms with Crippen LogP contribution in [0.2, 0.25) is 0 Å². The van der Waals surface area contributed by atoms with E-state index in [1.165, 1.54) is 0 Å². The number of anilines is 3. The smallest absolute Gasteiger partial charge is 0.314 e. The number of hydrogen-bond acceptors (Lipinski definition) is 3. The fourth-order valence-corrected chi connectivity index (χ4v) is 3.70. The average molecular weight is 405 g/mol. The predicted octanol–water partition coefficient (Wildman–Crippen LogP) is 5.35. The van der Waals surface area contributed by atoms with Crippen LogP contribution < -0.4 is 16.0 Å². The zero-order valence-electron chi connectivity index (χ0n) is 16.6. The lowest BCUT2D eigenvalue weighted by molar-refractivity contribution is 1.15. The second-order valence-corrected chi connectivity index (χ2v) is 7.22. The molecule has 1 heterocycles. The number of nitrogens with zero attached hydrogens (tertiary/aromatic N) is 1. The van der Waals surface area contributed by atoms with Crippen molar-refractivity contribution in [3.8, 4) is 11.1 Å². The predicted molar refractivity (Wildman–Crippen MR) is 125 cm³/mol. The molecule has 0 fully saturated rings. The quantitative estimate of drug-likeness (QED) is 0.396. The molecule has 5 aromatic rings. The highest BCUT2D eigenvalue weighted by Gasteiger charge is 2.12. The van der Waals surface area contributed by atoms with E-state index < -0.39 is 11.1 Å². The second-order valence-electron chi connectivity index (χ2n) is 7.22. The van der Waals surface area contributed by atoms with Crippen molar-refractivity contribution < 1.29 is 0 Å². The van der Waals surface area contributed by atoms with Gasteiger partial charge < -0.3 is 14.9 Å². The summed E-state index contributed by atoms with van der Waals surface area (Å²) >= 11 is 0. The monoisotopic (exact) mass is 405 g/mol. The molecule has 0 amide bonds. The molecule has 5 rings (SSSR count). The van der Waals surface area contributed by atoms with Gasteiger partial charge in [-0.1, -0.05) is 54.6 Å². The van der Waals surface area contributed by atoms with Gasteiger partial charge in [0.1, 0.15) is 0 Å². The Morgan fingerprint density at radius 3 is 1.55 bits per heavy atom. The van der Waals surface area contributed by atoms with Crippen molar-refractivity contribution in [2.75, 3.05) is 4.90 Å². The Hall–Kier alpha value is -4.38. The minimum atomic E-state index is -0.652. The van der Waals surface area contributed by atoms with Gasteiger partial charge in [0, 0.05) is 17.1 Å². The standard InChI is InChI=1S/C26H19N3O2/c30-25-26(31)28-24-17-19(13-16-23(24)27-25)18-11-14-22(15-12-18)29(20-7-3-1-4-8-20)21-9-5-2-6-10-21/h1-17H,(H,27,30)(H,28,31). The minimum absolute atomic E-state index is 0.598. The Morgan fingerprint density at radius 2 is 0.968 bits per heavy atom. The largest absolute Gasteiger partial charge is 0.316 e. The van der Waals surface area contributed by atoms with Crippen LogP contribution in [0.15, 0.2) is 113 Å². The number of fused-ring (bicyclic) bond motifs is 1. The molecule has 0 radical (unpaired) electrons. The number of aromatic nitrogens is 2. The van der Waals surface area contributed by atoms with Crippen LogP contribution in [0.4, 0.5) is 17.1 Å². The first-order valence-corrected chi connectivity index (χ1v) is 9.96. The van der Waals surface area contributed by atoms with Crippen LogP contribution in [0.5, 0.6) is 0 Å². The van der Waals surface area contributed by atoms with Crippen LogP contribution >= 0.6 is 0 Å². The lowest BCUT2D eigenvalue weighted by Gasteiger charge is -2.25. The molecule has 0 aliphatic heterocycles. The average Bonchev–Trinajstić information content (AvgIpc) is 2.82. The zero-order chi connectivity index (χ0) is 21.2. The van der Waals surface area contributed by atoms with E-state index in [-0.39, 0.29) is 0 Å². The topological polar surface area (TPSA) is 69.0 Å². The number of benzene rings is 4. The Kier molecular flexibility index (Phi) is 4.69. The number of aromatic amines is 2. The highest BCUT2D eigenvalue weighted by molar-refractivity contribution is 5.82. The number of H-pyrrole nitrogens is 2. The van der Waals surface area contributed by atoms with Crippen molar-refractivity contribution >= 4 is 28.1 Å². The molecule has 0 spiro atoms. The van der Waals surface area contributed by atoms with Gasteiger partial charge in [-0.05, 0) is 59.7 Å². The molecule has 0 atom stereocenters. The number of nitrogens with one attached hydrogen (secondary N) is 2. The summed E-state index contributed by atoms with van der Waals surface area (Å²) in [7, 11) is 0. The fourth-order valence-electron chi connectivity index (χ4n) is 3.70. The third-order valence-electron chi connectivity index (χ3n) is 5.21. The molecule has 31 heavy (non-hydrogen) atoms. The first-order valence-electron chi connectivity index (χ1n) is 9.96. The molecular formula is C26H19N3O2. The maximum Gasteiger partial charge on any atom is 0.314 e. The summed E-state index contributed by atoms with van der Waals surface area (Å²) in [6, 6.07) is 34.3. The SMILES string of the molecule is O=c1[nH]c2ccc(-c3ccc(N(c4ccccc4)c4ccccc4)cc3)cc2[nH]c1=O. The molecule has 0 aliphatic rings. The van der Waals surface area contributed by atoms with Gasteiger partial charge in [-0.3, -0.25) is 9.59 Å². The normalized spacial score (nSPS) is 10.8. The Morgan fingerprint density at radius 1 is 0.484 bits per heavy atom. The van der Waals surface area contributed by atoms with Crippen molar-refractivity contribution in [2.24, 2.45) is 0 Å². The van der Waals surface area contributed by atoms with E-state index in [0.717, 1.165) is 28.2 Å². The first kappa shape index (κ1) is 18.6. The van der Waals surface area contributed by atoms with Crippen LogP contribution in [0.1, 0.15) is 0 Å². The summed E-state index contributed by atoms with van der Waals surface area (Å²) in [5, 5.41) is 0. The van der Waals surface area contributed by atoms with Gasteiger partial charge in [-0.15, -0.1) is 0 Å². The fraction of sp³-hybridized carbons (Fsp3) is 0. The van der Waals surface area contributed by atoms with E-state index in [4.69, 9.17) is 0 Å². The molecular weight excluding hydrogens is 386 g/mol. The second kappa shape index (κ2) is 7.80. The van der Waals surface area contributed by atoms with Gasteiger partial charge >= 0.3 is 11.1 Å². The van der Waals surface area contributed by atoms with E-state index in [0.29, 0.717) is 11.0 Å². The molecule has 0 saturated carbocycles. The number of rotatable bonds is 4. The van der Waals surface area contributed by atoms with Crippen LogP contribution in [-0.2, 0) is 0 Å². The van der Waals surface area contributed by atoms with E-state index in [1.807, 2.05) is 48.5 Å². The summed E-state index contributed by atoms with van der Waals surface area (Å²) < 4.78 is 0. The van der Waals surface area contributed by atoms with Gasteiger partial charge in [0.05, 0.1) is 11.0 Å². The van der Waals surface area contributed by atoms with E-state index in [9.17, 15) is 9.59 Å². The van der Waals surface area contributed by atoms with Crippen molar-refractivity contribution in [1.29, 1.82) is 0 Å². The molecule has 4 aromatic carbocycles. The Balaban J connectivity index is 1.55. The van der Waals surface area contributed by atoms with E-state index in [1.54, 1.807) is 6.07 Å². The van der Waals surface area contributed by atoms with Crippen LogP contribution in [0.3, 0.4) is 0 Å². The van der Waals surface area contributed by atoms with Gasteiger partial charge in [-0.2, -0.15) is 0 Å². The van der Waals surface area contributed by atoms with Crippen LogP contribution in [0.25, 0.3) is 22.2 Å². The van der Waals surface area contributed by atoms with Crippen molar-refractivity contribution in [2.45, 2.75) is 0 Å². The molecule has 5 nitrogen and oxygen atoms in total. The van der Waals surface area contributed by atoms with Gasteiger partial charge in [0.25, 0.3) is 0 Å². The Labute approximate surface area is 178 Å². The summed E-state index contributed by atoms with van der Waals surface area (Å²) in [6.45, 7) is 0. The van der Waals surface area contributed by atoms with Gasteiger partial charge in [0.15, 0.2) is 0 Å². The molecule has 150 valence electrons. The van der Waals surface area contributed by atoms with E-state index >= 15 is 0 Å². The van der Waals surface area contributed by atoms with Crippen LogP contribution in [-0.4, -0.2) is 9.97 Å². The van der Waals surface area contributed by atoms with E-state index in [2.05, 4.69) is 63.4 Å². The molecule has 0 unspecified atom stereocenters. The minimum Gasteiger partial charge on any atom is -0.316 e. The molecule has 0 aliphatic carbocycles. The maximum absolute atomic E-state index is 11.7. The summed E-state index contributed by atoms with van der Waals surface area (Å²) in [4.78, 5) is 30.6. The lowest BCUT2D eigenvalue weighted by atomic mass is 10.0. The summed E-state index contributed by atoms with van der Waals surface area (Å²) in [5.74, 6) is 0. The number of hydrogen-bond donors (Lipinski definition) is 2. The van der Waals surface area contributed by atoms with Gasteiger partial charge in [0.2, 0.25) is 0 Å². The molecule has 1 aromatic heterocycles. The maximum atomic E-state index is 11.7. The van der Waals surface area contributed by atoms with Gasteiger partial charge in [-0.25, -0.2) is 0 Å². The molecule has 0 saturated heterocycles. The zero-order valence-corrected chi connectivity index (χ0v) is 16.6. The summed E-state index contributed by atoms with van der Waals surface area (Å²) in [6.07, 6.45) is 0. The summed E-state index contributed by atoms with van der Waals surface area (Å²) in [5.41, 5.74) is 5.06. The van der Waals surface area contributed by atoms with Crippen molar-refractivity contribution in [3.63, 3.8) is 0 Å². The molecule has 0 bridgehead atoms. The third kappa shape index (κ3) is 3.65. The lowest BCUT2D eigenvalue weighted by Crippen LogP contribution is -2.28. The highest BCUT2D eigenvalue weighted by Crippen LogP contribution is 2.35. The molecule has 2 N–H and O–H groups in total. The molecule has 5 heteroatoms. The van der Waals surface area contributed by atoms with Crippen molar-refractivity contribution in [1.82, 2.24) is 9.97 Å². The first-order chi connectivity index (χ1) is 15.2. The van der Waals surface area contributed by atoms with Crippen LogP contribution in [0, 0.1) is 0 Å².